The Bertz CT molecular complexity index is 247. The van der Waals surface area contributed by atoms with Crippen LogP contribution in [-0.4, -0.2) is 35.5 Å². The molecule has 1 atom stereocenters. The molecule has 1 rings (SSSR count). The van der Waals surface area contributed by atoms with Crippen molar-refractivity contribution in [1.29, 1.82) is 0 Å². The number of likely N-dealkylation sites (tertiary alicyclic amines) is 1. The largest absolute Gasteiger partial charge is 0.465 e. The third-order valence-electron chi connectivity index (χ3n) is 2.35. The monoisotopic (exact) mass is 183 g/mol. The highest BCUT2D eigenvalue weighted by Gasteiger charge is 2.23. The summed E-state index contributed by atoms with van der Waals surface area (Å²) in [6.45, 7) is 2.93. The number of piperidine rings is 1. The van der Waals surface area contributed by atoms with Crippen molar-refractivity contribution in [3.63, 3.8) is 0 Å². The van der Waals surface area contributed by atoms with E-state index < -0.39 is 6.09 Å². The van der Waals surface area contributed by atoms with Crippen molar-refractivity contribution in [2.24, 2.45) is 5.92 Å². The Labute approximate surface area is 76.8 Å². The van der Waals surface area contributed by atoms with Crippen LogP contribution in [0.4, 0.5) is 4.79 Å². The van der Waals surface area contributed by atoms with Gasteiger partial charge in [0, 0.05) is 13.1 Å². The van der Waals surface area contributed by atoms with Gasteiger partial charge in [0.1, 0.15) is 6.29 Å². The molecule has 1 aliphatic heterocycles. The van der Waals surface area contributed by atoms with Crippen molar-refractivity contribution in [2.45, 2.75) is 13.3 Å². The van der Waals surface area contributed by atoms with Gasteiger partial charge >= 0.3 is 6.09 Å². The number of carbonyl (C=O) groups is 2. The van der Waals surface area contributed by atoms with Crippen LogP contribution in [0.2, 0.25) is 0 Å². The summed E-state index contributed by atoms with van der Waals surface area (Å²) in [6.07, 6.45) is 2.11. The third kappa shape index (κ3) is 2.31. The Hall–Kier alpha value is -1.32. The number of aldehydes is 1. The highest BCUT2D eigenvalue weighted by molar-refractivity contribution is 5.67. The molecule has 72 valence electrons. The number of hydrogen-bond acceptors (Lipinski definition) is 2. The Morgan fingerprint density at radius 3 is 2.85 bits per heavy atom. The smallest absolute Gasteiger partial charge is 0.407 e. The van der Waals surface area contributed by atoms with Crippen molar-refractivity contribution < 1.29 is 14.7 Å². The van der Waals surface area contributed by atoms with E-state index in [1.165, 1.54) is 4.90 Å². The maximum absolute atomic E-state index is 10.6. The summed E-state index contributed by atoms with van der Waals surface area (Å²) in [6, 6.07) is 0. The van der Waals surface area contributed by atoms with Crippen LogP contribution in [0.5, 0.6) is 0 Å². The molecular formula is C9H13NO3. The van der Waals surface area contributed by atoms with Crippen LogP contribution in [-0.2, 0) is 4.79 Å². The average Bonchev–Trinajstić information content (AvgIpc) is 2.08. The first-order valence-electron chi connectivity index (χ1n) is 4.27. The Morgan fingerprint density at radius 2 is 2.38 bits per heavy atom. The molecule has 1 fully saturated rings. The second-order valence-corrected chi connectivity index (χ2v) is 3.26. The van der Waals surface area contributed by atoms with E-state index in [0.717, 1.165) is 11.9 Å². The normalized spacial score (nSPS) is 26.1. The first kappa shape index (κ1) is 9.77. The molecule has 0 radical (unpaired) electrons. The summed E-state index contributed by atoms with van der Waals surface area (Å²) in [5.74, 6) is 0.162. The lowest BCUT2D eigenvalue weighted by Gasteiger charge is -2.30. The SMILES string of the molecule is CC1CN(C(=O)O)CC/C1=C/C=O. The zero-order valence-corrected chi connectivity index (χ0v) is 7.56. The van der Waals surface area contributed by atoms with Gasteiger partial charge in [-0.3, -0.25) is 4.79 Å². The van der Waals surface area contributed by atoms with Crippen LogP contribution in [0.3, 0.4) is 0 Å². The van der Waals surface area contributed by atoms with E-state index >= 15 is 0 Å². The van der Waals surface area contributed by atoms with Crippen LogP contribution in [0.25, 0.3) is 0 Å². The molecule has 1 saturated heterocycles. The molecule has 1 unspecified atom stereocenters. The van der Waals surface area contributed by atoms with Gasteiger partial charge in [-0.1, -0.05) is 12.5 Å². The van der Waals surface area contributed by atoms with Gasteiger partial charge < -0.3 is 10.0 Å². The topological polar surface area (TPSA) is 57.6 Å². The highest BCUT2D eigenvalue weighted by atomic mass is 16.4. The molecule has 0 aromatic rings. The van der Waals surface area contributed by atoms with Gasteiger partial charge in [-0.05, 0) is 18.4 Å². The summed E-state index contributed by atoms with van der Waals surface area (Å²) in [5, 5.41) is 8.71. The molecule has 0 spiro atoms. The van der Waals surface area contributed by atoms with Gasteiger partial charge in [-0.2, -0.15) is 0 Å². The summed E-state index contributed by atoms with van der Waals surface area (Å²) in [5.41, 5.74) is 1.05. The van der Waals surface area contributed by atoms with E-state index in [0.29, 0.717) is 19.5 Å². The minimum Gasteiger partial charge on any atom is -0.465 e. The molecule has 0 saturated carbocycles. The van der Waals surface area contributed by atoms with Gasteiger partial charge in [-0.25, -0.2) is 4.79 Å². The van der Waals surface area contributed by atoms with Crippen LogP contribution in [0.15, 0.2) is 11.6 Å². The van der Waals surface area contributed by atoms with Gasteiger partial charge in [0.25, 0.3) is 0 Å². The number of rotatable bonds is 1. The Balaban J connectivity index is 2.61. The van der Waals surface area contributed by atoms with E-state index in [1.54, 1.807) is 6.08 Å². The third-order valence-corrected chi connectivity index (χ3v) is 2.35. The molecule has 4 nitrogen and oxygen atoms in total. The lowest BCUT2D eigenvalue weighted by molar-refractivity contribution is -0.104. The maximum Gasteiger partial charge on any atom is 0.407 e. The van der Waals surface area contributed by atoms with Crippen LogP contribution < -0.4 is 0 Å². The number of nitrogens with zero attached hydrogens (tertiary/aromatic N) is 1. The molecule has 0 aromatic heterocycles. The van der Waals surface area contributed by atoms with Gasteiger partial charge in [-0.15, -0.1) is 0 Å². The predicted octanol–water partition coefficient (Wildman–Crippen LogP) is 1.13. The van der Waals surface area contributed by atoms with Crippen molar-refractivity contribution in [3.05, 3.63) is 11.6 Å². The second kappa shape index (κ2) is 4.07. The van der Waals surface area contributed by atoms with Crippen LogP contribution >= 0.6 is 0 Å². The molecule has 13 heavy (non-hydrogen) atoms. The number of hydrogen-bond donors (Lipinski definition) is 1. The van der Waals surface area contributed by atoms with Crippen LogP contribution in [0, 0.1) is 5.92 Å². The molecule has 1 heterocycles. The molecule has 4 heteroatoms. The second-order valence-electron chi connectivity index (χ2n) is 3.26. The highest BCUT2D eigenvalue weighted by Crippen LogP contribution is 2.21. The zero-order chi connectivity index (χ0) is 9.84. The van der Waals surface area contributed by atoms with E-state index in [9.17, 15) is 9.59 Å². The lowest BCUT2D eigenvalue weighted by atomic mass is 9.93. The van der Waals surface area contributed by atoms with Crippen LogP contribution in [0.1, 0.15) is 13.3 Å². The fraction of sp³-hybridized carbons (Fsp3) is 0.556. The Kier molecular flexibility index (Phi) is 3.06. The fourth-order valence-corrected chi connectivity index (χ4v) is 1.56. The molecular weight excluding hydrogens is 170 g/mol. The molecule has 0 aliphatic carbocycles. The van der Waals surface area contributed by atoms with Gasteiger partial charge in [0.2, 0.25) is 0 Å². The van der Waals surface area contributed by atoms with Crippen molar-refractivity contribution >= 4 is 12.4 Å². The van der Waals surface area contributed by atoms with E-state index in [2.05, 4.69) is 0 Å². The number of carboxylic acid groups (broad SMARTS) is 1. The molecule has 0 aromatic carbocycles. The minimum absolute atomic E-state index is 0.162. The summed E-state index contributed by atoms with van der Waals surface area (Å²) in [7, 11) is 0. The summed E-state index contributed by atoms with van der Waals surface area (Å²) in [4.78, 5) is 22.2. The molecule has 1 amide bonds. The first-order valence-corrected chi connectivity index (χ1v) is 4.27. The standard InChI is InChI=1S/C9H13NO3/c1-7-6-10(9(12)13)4-2-8(7)3-5-11/h3,5,7H,2,4,6H2,1H3,(H,12,13)/b8-3-. The number of carbonyl (C=O) groups excluding carboxylic acids is 1. The Morgan fingerprint density at radius 1 is 1.69 bits per heavy atom. The first-order chi connectivity index (χ1) is 6.15. The molecule has 1 N–H and O–H groups in total. The van der Waals surface area contributed by atoms with Gasteiger partial charge in [0.15, 0.2) is 0 Å². The van der Waals surface area contributed by atoms with Gasteiger partial charge in [0.05, 0.1) is 0 Å². The van der Waals surface area contributed by atoms with E-state index in [1.807, 2.05) is 6.92 Å². The molecule has 1 aliphatic rings. The van der Waals surface area contributed by atoms with E-state index in [-0.39, 0.29) is 5.92 Å². The summed E-state index contributed by atoms with van der Waals surface area (Å²) < 4.78 is 0. The minimum atomic E-state index is -0.878. The lowest BCUT2D eigenvalue weighted by Crippen LogP contribution is -2.39. The van der Waals surface area contributed by atoms with Crippen molar-refractivity contribution in [1.82, 2.24) is 4.90 Å². The average molecular weight is 183 g/mol. The zero-order valence-electron chi connectivity index (χ0n) is 7.56. The number of amides is 1. The van der Waals surface area contributed by atoms with Crippen molar-refractivity contribution in [3.8, 4) is 0 Å². The molecule has 0 bridgehead atoms. The predicted molar refractivity (Wildman–Crippen MR) is 47.5 cm³/mol. The summed E-state index contributed by atoms with van der Waals surface area (Å²) >= 11 is 0. The quantitative estimate of drug-likeness (QED) is 0.489. The number of allylic oxidation sites excluding steroid dienone is 1. The van der Waals surface area contributed by atoms with Crippen molar-refractivity contribution in [2.75, 3.05) is 13.1 Å². The fourth-order valence-electron chi connectivity index (χ4n) is 1.56. The maximum atomic E-state index is 10.6. The van der Waals surface area contributed by atoms with E-state index in [4.69, 9.17) is 5.11 Å².